The molecule has 16 heavy (non-hydrogen) atoms. The average molecular weight is 220 g/mol. The van der Waals surface area contributed by atoms with Gasteiger partial charge in [0.1, 0.15) is 5.82 Å². The molecule has 4 heteroatoms. The highest BCUT2D eigenvalue weighted by Gasteiger charge is 2.43. The number of hydrogen-bond acceptors (Lipinski definition) is 3. The summed E-state index contributed by atoms with van der Waals surface area (Å²) in [6, 6.07) is 0. The maximum Gasteiger partial charge on any atom is 0.122 e. The van der Waals surface area contributed by atoms with Crippen LogP contribution in [0.4, 0.5) is 0 Å². The molecule has 0 unspecified atom stereocenters. The van der Waals surface area contributed by atoms with E-state index in [0.29, 0.717) is 5.41 Å². The molecule has 0 atom stereocenters. The standard InChI is InChI=1S/C12H20N4/c13-4-3-12(1-2-12)10-15-7-8-16-6-5-14-11(16)9-15/h5-6H,1-4,7-10,13H2. The Kier molecular flexibility index (Phi) is 2.48. The normalized spacial score (nSPS) is 23.1. The molecular formula is C12H20N4. The third kappa shape index (κ3) is 1.87. The van der Waals surface area contributed by atoms with Crippen LogP contribution in [0, 0.1) is 5.41 Å². The molecule has 0 amide bonds. The molecule has 1 aromatic rings. The molecule has 0 spiro atoms. The molecule has 2 N–H and O–H groups in total. The Bertz CT molecular complexity index is 367. The molecule has 2 aliphatic rings. The zero-order chi connectivity index (χ0) is 11.0. The Hall–Kier alpha value is -0.870. The third-order valence-electron chi connectivity index (χ3n) is 4.01. The summed E-state index contributed by atoms with van der Waals surface area (Å²) in [5.74, 6) is 1.22. The highest BCUT2D eigenvalue weighted by Crippen LogP contribution is 2.49. The molecule has 1 aliphatic carbocycles. The summed E-state index contributed by atoms with van der Waals surface area (Å²) in [4.78, 5) is 6.95. The molecule has 3 rings (SSSR count). The zero-order valence-electron chi connectivity index (χ0n) is 9.73. The van der Waals surface area contributed by atoms with Gasteiger partial charge in [0.2, 0.25) is 0 Å². The van der Waals surface area contributed by atoms with Gasteiger partial charge in [0.05, 0.1) is 6.54 Å². The number of rotatable bonds is 4. The van der Waals surface area contributed by atoms with Gasteiger partial charge in [-0.15, -0.1) is 0 Å². The molecule has 0 aromatic carbocycles. The SMILES string of the molecule is NCCC1(CN2CCn3ccnc3C2)CC1. The first-order chi connectivity index (χ1) is 7.81. The van der Waals surface area contributed by atoms with Crippen molar-refractivity contribution in [2.24, 2.45) is 11.1 Å². The van der Waals surface area contributed by atoms with Crippen LogP contribution in [0.25, 0.3) is 0 Å². The van der Waals surface area contributed by atoms with E-state index in [2.05, 4.69) is 20.6 Å². The fourth-order valence-corrected chi connectivity index (χ4v) is 2.80. The fourth-order valence-electron chi connectivity index (χ4n) is 2.80. The van der Waals surface area contributed by atoms with Crippen LogP contribution in [-0.2, 0) is 13.1 Å². The van der Waals surface area contributed by atoms with Gasteiger partial charge >= 0.3 is 0 Å². The molecule has 1 aliphatic heterocycles. The summed E-state index contributed by atoms with van der Waals surface area (Å²) in [5, 5.41) is 0. The molecular weight excluding hydrogens is 200 g/mol. The highest BCUT2D eigenvalue weighted by atomic mass is 15.2. The maximum absolute atomic E-state index is 5.68. The largest absolute Gasteiger partial charge is 0.333 e. The van der Waals surface area contributed by atoms with E-state index in [0.717, 1.165) is 26.2 Å². The minimum Gasteiger partial charge on any atom is -0.333 e. The lowest BCUT2D eigenvalue weighted by atomic mass is 10.0. The molecule has 1 fully saturated rings. The summed E-state index contributed by atoms with van der Waals surface area (Å²) in [6.07, 6.45) is 7.92. The second-order valence-corrected chi connectivity index (χ2v) is 5.29. The van der Waals surface area contributed by atoms with Crippen LogP contribution in [0.2, 0.25) is 0 Å². The van der Waals surface area contributed by atoms with Crippen molar-refractivity contribution in [1.82, 2.24) is 14.5 Å². The number of aromatic nitrogens is 2. The van der Waals surface area contributed by atoms with Crippen LogP contribution in [0.3, 0.4) is 0 Å². The van der Waals surface area contributed by atoms with E-state index >= 15 is 0 Å². The van der Waals surface area contributed by atoms with Gasteiger partial charge in [0, 0.05) is 32.0 Å². The van der Waals surface area contributed by atoms with Crippen molar-refractivity contribution in [3.63, 3.8) is 0 Å². The Balaban J connectivity index is 1.62. The topological polar surface area (TPSA) is 47.1 Å². The summed E-state index contributed by atoms with van der Waals surface area (Å²) in [7, 11) is 0. The lowest BCUT2D eigenvalue weighted by Gasteiger charge is -2.31. The van der Waals surface area contributed by atoms with Crippen molar-refractivity contribution in [1.29, 1.82) is 0 Å². The molecule has 1 saturated carbocycles. The van der Waals surface area contributed by atoms with Gasteiger partial charge in [-0.05, 0) is 31.2 Å². The van der Waals surface area contributed by atoms with Crippen LogP contribution in [0.5, 0.6) is 0 Å². The second kappa shape index (κ2) is 3.86. The van der Waals surface area contributed by atoms with Crippen molar-refractivity contribution < 1.29 is 0 Å². The molecule has 0 bridgehead atoms. The lowest BCUT2D eigenvalue weighted by molar-refractivity contribution is 0.172. The van der Waals surface area contributed by atoms with E-state index in [4.69, 9.17) is 5.73 Å². The van der Waals surface area contributed by atoms with E-state index < -0.39 is 0 Å². The van der Waals surface area contributed by atoms with Crippen LogP contribution >= 0.6 is 0 Å². The summed E-state index contributed by atoms with van der Waals surface area (Å²) < 4.78 is 2.26. The Labute approximate surface area is 96.4 Å². The van der Waals surface area contributed by atoms with E-state index in [1.807, 2.05) is 6.20 Å². The quantitative estimate of drug-likeness (QED) is 0.817. The molecule has 1 aromatic heterocycles. The minimum absolute atomic E-state index is 0.559. The number of nitrogens with two attached hydrogens (primary N) is 1. The predicted molar refractivity (Wildman–Crippen MR) is 62.8 cm³/mol. The Morgan fingerprint density at radius 2 is 2.25 bits per heavy atom. The van der Waals surface area contributed by atoms with Crippen molar-refractivity contribution in [2.45, 2.75) is 32.4 Å². The second-order valence-electron chi connectivity index (χ2n) is 5.29. The van der Waals surface area contributed by atoms with Gasteiger partial charge in [0.15, 0.2) is 0 Å². The van der Waals surface area contributed by atoms with E-state index in [9.17, 15) is 0 Å². The maximum atomic E-state index is 5.68. The van der Waals surface area contributed by atoms with Gasteiger partial charge in [-0.1, -0.05) is 0 Å². The fraction of sp³-hybridized carbons (Fsp3) is 0.750. The van der Waals surface area contributed by atoms with Crippen LogP contribution in [0.15, 0.2) is 12.4 Å². The summed E-state index contributed by atoms with van der Waals surface area (Å²) >= 11 is 0. The van der Waals surface area contributed by atoms with Crippen molar-refractivity contribution in [3.05, 3.63) is 18.2 Å². The zero-order valence-corrected chi connectivity index (χ0v) is 9.73. The highest BCUT2D eigenvalue weighted by molar-refractivity contribution is 5.00. The van der Waals surface area contributed by atoms with E-state index in [1.54, 1.807) is 0 Å². The number of hydrogen-bond donors (Lipinski definition) is 1. The van der Waals surface area contributed by atoms with E-state index in [-0.39, 0.29) is 0 Å². The van der Waals surface area contributed by atoms with Crippen molar-refractivity contribution >= 4 is 0 Å². The first kappa shape index (κ1) is 10.3. The molecule has 4 nitrogen and oxygen atoms in total. The van der Waals surface area contributed by atoms with Gasteiger partial charge in [0.25, 0.3) is 0 Å². The summed E-state index contributed by atoms with van der Waals surface area (Å²) in [6.45, 7) is 5.32. The van der Waals surface area contributed by atoms with Crippen LogP contribution in [-0.4, -0.2) is 34.1 Å². The monoisotopic (exact) mass is 220 g/mol. The van der Waals surface area contributed by atoms with Gasteiger partial charge in [-0.2, -0.15) is 0 Å². The van der Waals surface area contributed by atoms with Crippen LogP contribution < -0.4 is 5.73 Å². The Morgan fingerprint density at radius 3 is 3.00 bits per heavy atom. The van der Waals surface area contributed by atoms with Gasteiger partial charge in [-0.25, -0.2) is 4.98 Å². The van der Waals surface area contributed by atoms with Crippen molar-refractivity contribution in [3.8, 4) is 0 Å². The van der Waals surface area contributed by atoms with Crippen molar-refractivity contribution in [2.75, 3.05) is 19.6 Å². The summed E-state index contributed by atoms with van der Waals surface area (Å²) in [5.41, 5.74) is 6.24. The number of fused-ring (bicyclic) bond motifs is 1. The molecule has 0 radical (unpaired) electrons. The first-order valence-corrected chi connectivity index (χ1v) is 6.24. The first-order valence-electron chi connectivity index (χ1n) is 6.24. The lowest BCUT2D eigenvalue weighted by Crippen LogP contribution is -2.38. The van der Waals surface area contributed by atoms with Gasteiger partial charge in [-0.3, -0.25) is 4.90 Å². The molecule has 0 saturated heterocycles. The van der Waals surface area contributed by atoms with E-state index in [1.165, 1.54) is 31.6 Å². The molecule has 2 heterocycles. The Morgan fingerprint density at radius 1 is 1.38 bits per heavy atom. The minimum atomic E-state index is 0.559. The number of nitrogens with zero attached hydrogens (tertiary/aromatic N) is 3. The van der Waals surface area contributed by atoms with Crippen LogP contribution in [0.1, 0.15) is 25.1 Å². The predicted octanol–water partition coefficient (Wildman–Crippen LogP) is 0.828. The van der Waals surface area contributed by atoms with Gasteiger partial charge < -0.3 is 10.3 Å². The third-order valence-corrected chi connectivity index (χ3v) is 4.01. The molecule has 88 valence electrons. The number of imidazole rings is 1. The average Bonchev–Trinajstić information content (AvgIpc) is 2.87. The smallest absolute Gasteiger partial charge is 0.122 e.